The highest BCUT2D eigenvalue weighted by atomic mass is 14.8. The molecule has 2 aliphatic rings. The highest BCUT2D eigenvalue weighted by Gasteiger charge is 2.22. The van der Waals surface area contributed by atoms with E-state index in [-0.39, 0.29) is 0 Å². The van der Waals surface area contributed by atoms with E-state index < -0.39 is 0 Å². The first kappa shape index (κ1) is 37.6. The van der Waals surface area contributed by atoms with Crippen molar-refractivity contribution >= 4 is 29.4 Å². The standard InChI is InChI=1S/C59H44N2/c1-60-58(45-34-32-42(33-35-45)41-16-5-2-3-6-17-41)40-59(61-49-20-7-4-8-21-49)48-19-15-18-46(38-48)43-28-30-44(31-29-43)47-36-37-56-54-26-12-11-24-52(54)50-22-9-10-23-51(50)53-25-13-14-27-55(53)57(56)39-47/h4-5,7-40H,1-3,6H2/b52-50?,53-51?,56-54?,57-55?,58-40-,61-59?. The summed E-state index contributed by atoms with van der Waals surface area (Å²) in [7, 11) is 0. The summed E-state index contributed by atoms with van der Waals surface area (Å²) in [6.45, 7) is 3.98. The Bertz CT molecular complexity index is 3030. The molecule has 0 heterocycles. The summed E-state index contributed by atoms with van der Waals surface area (Å²) < 4.78 is 0. The zero-order valence-electron chi connectivity index (χ0n) is 34.0. The minimum Gasteiger partial charge on any atom is -0.264 e. The topological polar surface area (TPSA) is 24.7 Å². The van der Waals surface area contributed by atoms with Gasteiger partial charge in [0.15, 0.2) is 0 Å². The molecule has 0 atom stereocenters. The maximum absolute atomic E-state index is 5.16. The maximum atomic E-state index is 5.16. The molecule has 8 aromatic carbocycles. The number of nitrogens with zero attached hydrogens (tertiary/aromatic N) is 2. The molecule has 0 fully saturated rings. The van der Waals surface area contributed by atoms with Crippen LogP contribution in [0.5, 0.6) is 0 Å². The Morgan fingerprint density at radius 2 is 0.951 bits per heavy atom. The van der Waals surface area contributed by atoms with E-state index in [9.17, 15) is 0 Å². The Kier molecular flexibility index (Phi) is 10.4. The van der Waals surface area contributed by atoms with Crippen LogP contribution in [0.15, 0.2) is 228 Å². The van der Waals surface area contributed by atoms with E-state index in [4.69, 9.17) is 4.99 Å². The number of hydrogen-bond acceptors (Lipinski definition) is 2. The number of benzene rings is 8. The molecular weight excluding hydrogens is 737 g/mol. The minimum atomic E-state index is 0.771. The van der Waals surface area contributed by atoms with Crippen LogP contribution < -0.4 is 0 Å². The lowest BCUT2D eigenvalue weighted by atomic mass is 9.80. The van der Waals surface area contributed by atoms with Gasteiger partial charge in [0.1, 0.15) is 0 Å². The summed E-state index contributed by atoms with van der Waals surface area (Å²) in [5, 5.41) is 0. The molecule has 0 spiro atoms. The first-order chi connectivity index (χ1) is 30.2. The van der Waals surface area contributed by atoms with Crippen molar-refractivity contribution in [3.63, 3.8) is 0 Å². The molecule has 0 radical (unpaired) electrons. The van der Waals surface area contributed by atoms with Gasteiger partial charge < -0.3 is 0 Å². The van der Waals surface area contributed by atoms with Crippen LogP contribution in [-0.4, -0.2) is 12.4 Å². The normalized spacial score (nSPS) is 13.3. The van der Waals surface area contributed by atoms with Crippen LogP contribution in [0.3, 0.4) is 0 Å². The van der Waals surface area contributed by atoms with Crippen LogP contribution in [-0.2, 0) is 0 Å². The molecule has 2 heteroatoms. The fourth-order valence-electron chi connectivity index (χ4n) is 8.74. The number of rotatable bonds is 8. The van der Waals surface area contributed by atoms with E-state index in [1.165, 1.54) is 73.2 Å². The number of fused-ring (bicyclic) bond motifs is 8. The summed E-state index contributed by atoms with van der Waals surface area (Å²) in [6, 6.07) is 69.7. The highest BCUT2D eigenvalue weighted by Crippen LogP contribution is 2.48. The number of aliphatic imine (C=N–C) groups is 2. The van der Waals surface area contributed by atoms with E-state index in [1.54, 1.807) is 0 Å². The van der Waals surface area contributed by atoms with Crippen LogP contribution in [0, 0.1) is 0 Å². The molecule has 290 valence electrons. The average molecular weight is 781 g/mol. The van der Waals surface area contributed by atoms with Gasteiger partial charge in [-0.2, -0.15) is 0 Å². The molecule has 61 heavy (non-hydrogen) atoms. The third-order valence-corrected chi connectivity index (χ3v) is 11.9. The van der Waals surface area contributed by atoms with Gasteiger partial charge in [0.2, 0.25) is 0 Å². The van der Waals surface area contributed by atoms with E-state index in [0.717, 1.165) is 52.2 Å². The molecule has 0 amide bonds. The molecule has 0 aliphatic heterocycles. The van der Waals surface area contributed by atoms with Crippen LogP contribution in [0.25, 0.3) is 78.0 Å². The van der Waals surface area contributed by atoms with Gasteiger partial charge in [-0.15, -0.1) is 0 Å². The molecule has 0 bridgehead atoms. The summed E-state index contributed by atoms with van der Waals surface area (Å²) in [4.78, 5) is 9.67. The zero-order chi connectivity index (χ0) is 41.0. The second-order valence-corrected chi connectivity index (χ2v) is 15.6. The van der Waals surface area contributed by atoms with Gasteiger partial charge in [-0.25, -0.2) is 4.99 Å². The van der Waals surface area contributed by atoms with E-state index in [1.807, 2.05) is 30.3 Å². The Labute approximate surface area is 359 Å². The van der Waals surface area contributed by atoms with Crippen molar-refractivity contribution in [1.29, 1.82) is 0 Å². The van der Waals surface area contributed by atoms with Crippen molar-refractivity contribution in [3.05, 3.63) is 235 Å². The molecule has 2 aliphatic carbocycles. The lowest BCUT2D eigenvalue weighted by Crippen LogP contribution is -1.99. The molecular formula is C59H44N2. The first-order valence-corrected chi connectivity index (χ1v) is 21.1. The zero-order valence-corrected chi connectivity index (χ0v) is 34.0. The van der Waals surface area contributed by atoms with E-state index >= 15 is 0 Å². The largest absolute Gasteiger partial charge is 0.264 e. The van der Waals surface area contributed by atoms with E-state index in [2.05, 4.69) is 200 Å². The van der Waals surface area contributed by atoms with Gasteiger partial charge >= 0.3 is 0 Å². The monoisotopic (exact) mass is 780 g/mol. The maximum Gasteiger partial charge on any atom is 0.0731 e. The third kappa shape index (κ3) is 7.68. The Balaban J connectivity index is 0.991. The second-order valence-electron chi connectivity index (χ2n) is 15.6. The number of para-hydroxylation sites is 1. The Hall–Kier alpha value is -7.68. The first-order valence-electron chi connectivity index (χ1n) is 21.1. The third-order valence-electron chi connectivity index (χ3n) is 11.9. The molecule has 0 saturated heterocycles. The molecule has 0 saturated carbocycles. The SMILES string of the molecule is C=N/C(=C\C(=Nc1ccccc1)c1cccc(-c2ccc(-c3ccc4c(c3)-c3ccccc3-c3ccccc3-c3ccccc3-4)cc2)c1)c1ccc(C2=CCCCC=C2)cc1. The average Bonchev–Trinajstić information content (AvgIpc) is 3.63. The lowest BCUT2D eigenvalue weighted by molar-refractivity contribution is 0.876. The molecule has 2 nitrogen and oxygen atoms in total. The predicted molar refractivity (Wildman–Crippen MR) is 260 cm³/mol. The van der Waals surface area contributed by atoms with Gasteiger partial charge in [-0.3, -0.25) is 4.99 Å². The van der Waals surface area contributed by atoms with Crippen molar-refractivity contribution in [2.45, 2.75) is 19.3 Å². The Morgan fingerprint density at radius 1 is 0.426 bits per heavy atom. The number of allylic oxidation sites excluding steroid dienone is 5. The second kappa shape index (κ2) is 16.9. The quantitative estimate of drug-likeness (QED) is 0.137. The fraction of sp³-hybridized carbons (Fsp3) is 0.0508. The van der Waals surface area contributed by atoms with Gasteiger partial charge in [0.25, 0.3) is 0 Å². The predicted octanol–water partition coefficient (Wildman–Crippen LogP) is 16.0. The fourth-order valence-corrected chi connectivity index (χ4v) is 8.74. The van der Waals surface area contributed by atoms with Crippen LogP contribution in [0.4, 0.5) is 5.69 Å². The molecule has 0 aromatic heterocycles. The van der Waals surface area contributed by atoms with Crippen molar-refractivity contribution < 1.29 is 0 Å². The van der Waals surface area contributed by atoms with Gasteiger partial charge in [-0.1, -0.05) is 188 Å². The summed E-state index contributed by atoms with van der Waals surface area (Å²) >= 11 is 0. The lowest BCUT2D eigenvalue weighted by Gasteiger charge is -2.23. The van der Waals surface area contributed by atoms with Gasteiger partial charge in [0, 0.05) is 11.1 Å². The molecule has 10 rings (SSSR count). The van der Waals surface area contributed by atoms with Crippen molar-refractivity contribution in [2.75, 3.05) is 0 Å². The van der Waals surface area contributed by atoms with Gasteiger partial charge in [0.05, 0.1) is 17.1 Å². The summed E-state index contributed by atoms with van der Waals surface area (Å²) in [5.41, 5.74) is 21.5. The van der Waals surface area contributed by atoms with E-state index in [0.29, 0.717) is 0 Å². The molecule has 0 unspecified atom stereocenters. The highest BCUT2D eigenvalue weighted by molar-refractivity contribution is 6.14. The Morgan fingerprint density at radius 3 is 1.56 bits per heavy atom. The van der Waals surface area contributed by atoms with Crippen LogP contribution in [0.2, 0.25) is 0 Å². The molecule has 8 aromatic rings. The van der Waals surface area contributed by atoms with Crippen LogP contribution in [0.1, 0.15) is 36.0 Å². The smallest absolute Gasteiger partial charge is 0.0731 e. The van der Waals surface area contributed by atoms with Crippen molar-refractivity contribution in [1.82, 2.24) is 0 Å². The summed E-state index contributed by atoms with van der Waals surface area (Å²) in [6.07, 6.45) is 12.3. The summed E-state index contributed by atoms with van der Waals surface area (Å²) in [5.74, 6) is 0. The number of hydrogen-bond donors (Lipinski definition) is 0. The van der Waals surface area contributed by atoms with Crippen LogP contribution >= 0.6 is 0 Å². The minimum absolute atomic E-state index is 0.771. The van der Waals surface area contributed by atoms with Crippen molar-refractivity contribution in [2.24, 2.45) is 9.98 Å². The molecule has 0 N–H and O–H groups in total. The van der Waals surface area contributed by atoms with Crippen molar-refractivity contribution in [3.8, 4) is 66.8 Å². The van der Waals surface area contributed by atoms with Gasteiger partial charge in [-0.05, 0) is 134 Å².